The molecule has 1 spiro atoms. The van der Waals surface area contributed by atoms with Crippen molar-refractivity contribution in [1.82, 2.24) is 4.90 Å². The van der Waals surface area contributed by atoms with Gasteiger partial charge in [0.25, 0.3) is 0 Å². The van der Waals surface area contributed by atoms with Crippen molar-refractivity contribution in [3.8, 4) is 0 Å². The molecule has 5 nitrogen and oxygen atoms in total. The third-order valence-electron chi connectivity index (χ3n) is 8.46. The Bertz CT molecular complexity index is 1820. The SMILES string of the molecule is O=C(c1ccccc1Cl)[C@@H]1[C@H](C(=O)c2ccc(Cl)cc2Cl)[C@@]2(C(=O)Nc3ccccc32)[C@@H]2c3ccccc3C=CN12. The molecule has 1 fully saturated rings. The fraction of sp³-hybridized carbons (Fsp3) is 0.121. The van der Waals surface area contributed by atoms with Gasteiger partial charge in [0, 0.05) is 28.0 Å². The molecular formula is C33H21Cl3N2O3. The Hall–Kier alpha value is -3.90. The van der Waals surface area contributed by atoms with Crippen LogP contribution in [0.5, 0.6) is 0 Å². The molecule has 3 aliphatic rings. The molecule has 41 heavy (non-hydrogen) atoms. The summed E-state index contributed by atoms with van der Waals surface area (Å²) in [6.45, 7) is 0. The van der Waals surface area contributed by atoms with Crippen LogP contribution in [0.2, 0.25) is 15.1 Å². The fourth-order valence-electron chi connectivity index (χ4n) is 6.84. The molecule has 4 aromatic carbocycles. The minimum absolute atomic E-state index is 0.147. The summed E-state index contributed by atoms with van der Waals surface area (Å²) < 4.78 is 0. The molecule has 4 atom stereocenters. The van der Waals surface area contributed by atoms with Crippen LogP contribution in [-0.2, 0) is 10.2 Å². The number of Topliss-reactive ketones (excluding diaryl/α,β-unsaturated/α-hetero) is 2. The molecule has 0 aromatic heterocycles. The van der Waals surface area contributed by atoms with Gasteiger partial charge >= 0.3 is 0 Å². The summed E-state index contributed by atoms with van der Waals surface area (Å²) >= 11 is 19.3. The molecule has 1 saturated heterocycles. The standard InChI is InChI=1S/C33H21Cl3N2O3/c34-19-13-14-22(25(36)17-19)29(39)27-28(30(40)21-9-3-5-11-24(21)35)38-16-15-18-7-1-2-8-20(18)31(38)33(27)23-10-4-6-12-26(23)37-32(33)41/h1-17,27-28,31H,(H,37,41)/t27-,28+,31+,33-/m1/s1. The number of rotatable bonds is 4. The van der Waals surface area contributed by atoms with Gasteiger partial charge in [-0.2, -0.15) is 0 Å². The molecule has 0 bridgehead atoms. The number of carbonyl (C=O) groups excluding carboxylic acids is 3. The second kappa shape index (κ2) is 9.59. The third-order valence-corrected chi connectivity index (χ3v) is 9.33. The molecule has 1 amide bonds. The van der Waals surface area contributed by atoms with Gasteiger partial charge in [-0.15, -0.1) is 0 Å². The van der Waals surface area contributed by atoms with Crippen LogP contribution in [0.3, 0.4) is 0 Å². The summed E-state index contributed by atoms with van der Waals surface area (Å²) in [4.78, 5) is 45.8. The predicted molar refractivity (Wildman–Crippen MR) is 161 cm³/mol. The maximum Gasteiger partial charge on any atom is 0.238 e. The van der Waals surface area contributed by atoms with Gasteiger partial charge in [0.05, 0.1) is 22.0 Å². The molecule has 7 rings (SSSR count). The lowest BCUT2D eigenvalue weighted by Crippen LogP contribution is -2.49. The second-order valence-electron chi connectivity index (χ2n) is 10.4. The number of ketones is 2. The first-order valence-corrected chi connectivity index (χ1v) is 14.2. The summed E-state index contributed by atoms with van der Waals surface area (Å²) in [6.07, 6.45) is 3.73. The van der Waals surface area contributed by atoms with Crippen LogP contribution in [0.1, 0.15) is 43.4 Å². The van der Waals surface area contributed by atoms with E-state index >= 15 is 0 Å². The first-order valence-electron chi connectivity index (χ1n) is 13.1. The summed E-state index contributed by atoms with van der Waals surface area (Å²) in [7, 11) is 0. The third kappa shape index (κ3) is 3.66. The first kappa shape index (κ1) is 26.0. The number of benzene rings is 4. The number of nitrogens with one attached hydrogen (secondary N) is 1. The molecular weight excluding hydrogens is 579 g/mol. The highest BCUT2D eigenvalue weighted by Gasteiger charge is 2.70. The monoisotopic (exact) mass is 598 g/mol. The van der Waals surface area contributed by atoms with Gasteiger partial charge in [-0.05, 0) is 59.2 Å². The highest BCUT2D eigenvalue weighted by Crippen LogP contribution is 2.62. The van der Waals surface area contributed by atoms with E-state index in [1.807, 2.05) is 65.7 Å². The number of amides is 1. The van der Waals surface area contributed by atoms with Gasteiger partial charge in [-0.3, -0.25) is 14.4 Å². The van der Waals surface area contributed by atoms with E-state index in [2.05, 4.69) is 5.32 Å². The van der Waals surface area contributed by atoms with Crippen molar-refractivity contribution >= 4 is 64.0 Å². The first-order chi connectivity index (χ1) is 19.8. The van der Waals surface area contributed by atoms with Crippen LogP contribution in [0.4, 0.5) is 5.69 Å². The normalized spacial score (nSPS) is 23.6. The van der Waals surface area contributed by atoms with Gasteiger partial charge in [0.1, 0.15) is 11.5 Å². The highest BCUT2D eigenvalue weighted by atomic mass is 35.5. The topological polar surface area (TPSA) is 66.5 Å². The van der Waals surface area contributed by atoms with Crippen LogP contribution in [0.25, 0.3) is 6.08 Å². The second-order valence-corrected chi connectivity index (χ2v) is 11.7. The quantitative estimate of drug-likeness (QED) is 0.245. The lowest BCUT2D eigenvalue weighted by molar-refractivity contribution is -0.122. The van der Waals surface area contributed by atoms with E-state index < -0.39 is 29.2 Å². The Morgan fingerprint density at radius 1 is 0.780 bits per heavy atom. The molecule has 3 heterocycles. The molecule has 202 valence electrons. The summed E-state index contributed by atoms with van der Waals surface area (Å²) in [5.74, 6) is -2.29. The van der Waals surface area contributed by atoms with Crippen molar-refractivity contribution in [3.63, 3.8) is 0 Å². The number of para-hydroxylation sites is 1. The molecule has 0 saturated carbocycles. The van der Waals surface area contributed by atoms with Gasteiger partial charge in [-0.25, -0.2) is 0 Å². The lowest BCUT2D eigenvalue weighted by Gasteiger charge is -2.38. The van der Waals surface area contributed by atoms with Crippen LogP contribution < -0.4 is 5.32 Å². The van der Waals surface area contributed by atoms with Crippen molar-refractivity contribution in [2.24, 2.45) is 5.92 Å². The van der Waals surface area contributed by atoms with Crippen molar-refractivity contribution < 1.29 is 14.4 Å². The van der Waals surface area contributed by atoms with E-state index in [0.29, 0.717) is 16.3 Å². The molecule has 3 aliphatic heterocycles. The number of nitrogens with zero attached hydrogens (tertiary/aromatic N) is 1. The van der Waals surface area contributed by atoms with E-state index in [1.165, 1.54) is 6.07 Å². The van der Waals surface area contributed by atoms with E-state index in [1.54, 1.807) is 36.4 Å². The lowest BCUT2D eigenvalue weighted by atomic mass is 9.62. The van der Waals surface area contributed by atoms with Crippen molar-refractivity contribution in [2.45, 2.75) is 17.5 Å². The van der Waals surface area contributed by atoms with E-state index in [9.17, 15) is 14.4 Å². The Kier molecular flexibility index (Phi) is 6.09. The maximum atomic E-state index is 14.8. The molecule has 0 radical (unpaired) electrons. The van der Waals surface area contributed by atoms with Crippen LogP contribution >= 0.6 is 34.8 Å². The van der Waals surface area contributed by atoms with E-state index in [0.717, 1.165) is 11.1 Å². The zero-order valence-electron chi connectivity index (χ0n) is 21.4. The Labute approximate surface area is 251 Å². The number of fused-ring (bicyclic) bond motifs is 6. The summed E-state index contributed by atoms with van der Waals surface area (Å²) in [6, 6.07) is 24.7. The summed E-state index contributed by atoms with van der Waals surface area (Å²) in [5, 5.41) is 3.82. The fourth-order valence-corrected chi connectivity index (χ4v) is 7.58. The molecule has 0 aliphatic carbocycles. The highest BCUT2D eigenvalue weighted by molar-refractivity contribution is 6.37. The van der Waals surface area contributed by atoms with Gasteiger partial charge in [-0.1, -0.05) is 89.4 Å². The van der Waals surface area contributed by atoms with Crippen LogP contribution in [0.15, 0.2) is 97.2 Å². The average Bonchev–Trinajstić information content (AvgIpc) is 3.45. The molecule has 4 aromatic rings. The molecule has 1 N–H and O–H groups in total. The predicted octanol–water partition coefficient (Wildman–Crippen LogP) is 7.63. The van der Waals surface area contributed by atoms with Gasteiger partial charge in [0.2, 0.25) is 5.91 Å². The largest absolute Gasteiger partial charge is 0.358 e. The van der Waals surface area contributed by atoms with Gasteiger partial charge < -0.3 is 10.2 Å². The average molecular weight is 600 g/mol. The number of anilines is 1. The number of halogens is 3. The number of hydrogen-bond acceptors (Lipinski definition) is 4. The number of carbonyl (C=O) groups is 3. The molecule has 0 unspecified atom stereocenters. The van der Waals surface area contributed by atoms with Gasteiger partial charge in [0.15, 0.2) is 11.6 Å². The van der Waals surface area contributed by atoms with Crippen molar-refractivity contribution in [3.05, 3.63) is 140 Å². The maximum absolute atomic E-state index is 14.8. The Morgan fingerprint density at radius 2 is 1.49 bits per heavy atom. The number of hydrogen-bond donors (Lipinski definition) is 1. The van der Waals surface area contributed by atoms with Crippen LogP contribution in [-0.4, -0.2) is 28.4 Å². The van der Waals surface area contributed by atoms with Crippen LogP contribution in [0, 0.1) is 5.92 Å². The van der Waals surface area contributed by atoms with E-state index in [4.69, 9.17) is 34.8 Å². The van der Waals surface area contributed by atoms with Crippen molar-refractivity contribution in [2.75, 3.05) is 5.32 Å². The zero-order chi connectivity index (χ0) is 28.5. The van der Waals surface area contributed by atoms with Crippen molar-refractivity contribution in [1.29, 1.82) is 0 Å². The zero-order valence-corrected chi connectivity index (χ0v) is 23.6. The minimum Gasteiger partial charge on any atom is -0.358 e. The Balaban J connectivity index is 1.56. The van der Waals surface area contributed by atoms with E-state index in [-0.39, 0.29) is 32.9 Å². The summed E-state index contributed by atoms with van der Waals surface area (Å²) in [5.41, 5.74) is 2.01. The Morgan fingerprint density at radius 3 is 2.29 bits per heavy atom. The smallest absolute Gasteiger partial charge is 0.238 e. The minimum atomic E-state index is -1.46. The molecule has 8 heteroatoms.